The normalized spacial score (nSPS) is 18.9. The molecule has 2 aromatic rings. The third-order valence-corrected chi connectivity index (χ3v) is 4.99. The van der Waals surface area contributed by atoms with Crippen LogP contribution in [-0.4, -0.2) is 0 Å². The van der Waals surface area contributed by atoms with Crippen LogP contribution in [0.3, 0.4) is 0 Å². The van der Waals surface area contributed by atoms with Crippen molar-refractivity contribution in [1.82, 2.24) is 5.32 Å². The SMILES string of the molecule is Cc1ccc(C(C)NC2CCc3c(Br)cccc32)cc1. The molecule has 0 saturated carbocycles. The summed E-state index contributed by atoms with van der Waals surface area (Å²) in [4.78, 5) is 0. The largest absolute Gasteiger partial charge is 0.303 e. The standard InChI is InChI=1S/C18H20BrN/c1-12-6-8-14(9-7-12)13(2)20-18-11-10-15-16(18)4-3-5-17(15)19/h3-9,13,18,20H,10-11H2,1-2H3. The number of nitrogens with one attached hydrogen (secondary N) is 1. The molecule has 0 saturated heterocycles. The van der Waals surface area contributed by atoms with Gasteiger partial charge in [-0.2, -0.15) is 0 Å². The van der Waals surface area contributed by atoms with Crippen LogP contribution in [0.25, 0.3) is 0 Å². The average molecular weight is 330 g/mol. The summed E-state index contributed by atoms with van der Waals surface area (Å²) in [7, 11) is 0. The molecule has 1 aliphatic carbocycles. The minimum absolute atomic E-state index is 0.380. The second kappa shape index (κ2) is 5.71. The molecule has 3 rings (SSSR count). The Balaban J connectivity index is 1.77. The third kappa shape index (κ3) is 2.68. The number of hydrogen-bond acceptors (Lipinski definition) is 1. The van der Waals surface area contributed by atoms with Crippen LogP contribution >= 0.6 is 15.9 Å². The van der Waals surface area contributed by atoms with Crippen LogP contribution in [0.4, 0.5) is 0 Å². The van der Waals surface area contributed by atoms with Crippen molar-refractivity contribution in [3.63, 3.8) is 0 Å². The minimum atomic E-state index is 0.380. The Hall–Kier alpha value is -1.12. The van der Waals surface area contributed by atoms with Gasteiger partial charge in [0.2, 0.25) is 0 Å². The Morgan fingerprint density at radius 2 is 1.90 bits per heavy atom. The zero-order valence-corrected chi connectivity index (χ0v) is 13.6. The summed E-state index contributed by atoms with van der Waals surface area (Å²) in [6.07, 6.45) is 2.35. The molecule has 2 heteroatoms. The highest BCUT2D eigenvalue weighted by Crippen LogP contribution is 2.36. The fourth-order valence-corrected chi connectivity index (χ4v) is 3.62. The summed E-state index contributed by atoms with van der Waals surface area (Å²) >= 11 is 3.67. The Kier molecular flexibility index (Phi) is 3.95. The van der Waals surface area contributed by atoms with Gasteiger partial charge < -0.3 is 5.32 Å². The lowest BCUT2D eigenvalue weighted by atomic mass is 10.0. The zero-order chi connectivity index (χ0) is 14.1. The van der Waals surface area contributed by atoms with Gasteiger partial charge in [0.25, 0.3) is 0 Å². The van der Waals surface area contributed by atoms with E-state index in [9.17, 15) is 0 Å². The number of benzene rings is 2. The van der Waals surface area contributed by atoms with Gasteiger partial charge in [-0.15, -0.1) is 0 Å². The maximum absolute atomic E-state index is 3.78. The van der Waals surface area contributed by atoms with E-state index in [4.69, 9.17) is 0 Å². The Bertz CT molecular complexity index is 603. The van der Waals surface area contributed by atoms with Crippen molar-refractivity contribution in [2.75, 3.05) is 0 Å². The topological polar surface area (TPSA) is 12.0 Å². The van der Waals surface area contributed by atoms with Gasteiger partial charge in [-0.1, -0.05) is 57.9 Å². The second-order valence-corrected chi connectivity index (χ2v) is 6.55. The maximum atomic E-state index is 3.78. The molecule has 0 radical (unpaired) electrons. The monoisotopic (exact) mass is 329 g/mol. The van der Waals surface area contributed by atoms with E-state index in [1.165, 1.54) is 33.1 Å². The number of aryl methyl sites for hydroxylation is 1. The van der Waals surface area contributed by atoms with Gasteiger partial charge in [0.05, 0.1) is 0 Å². The smallest absolute Gasteiger partial charge is 0.0331 e. The Morgan fingerprint density at radius 3 is 2.65 bits per heavy atom. The lowest BCUT2D eigenvalue weighted by Gasteiger charge is -2.21. The van der Waals surface area contributed by atoms with E-state index in [0.717, 1.165) is 6.42 Å². The van der Waals surface area contributed by atoms with Crippen LogP contribution < -0.4 is 5.32 Å². The first kappa shape index (κ1) is 13.8. The van der Waals surface area contributed by atoms with Crippen molar-refractivity contribution < 1.29 is 0 Å². The molecule has 0 aromatic heterocycles. The van der Waals surface area contributed by atoms with Crippen molar-refractivity contribution >= 4 is 15.9 Å². The number of fused-ring (bicyclic) bond motifs is 1. The van der Waals surface area contributed by atoms with Gasteiger partial charge in [0.1, 0.15) is 0 Å². The van der Waals surface area contributed by atoms with E-state index in [0.29, 0.717) is 12.1 Å². The van der Waals surface area contributed by atoms with Crippen molar-refractivity contribution in [3.8, 4) is 0 Å². The third-order valence-electron chi connectivity index (χ3n) is 4.24. The predicted octanol–water partition coefficient (Wildman–Crippen LogP) is 5.10. The summed E-state index contributed by atoms with van der Waals surface area (Å²) < 4.78 is 1.25. The second-order valence-electron chi connectivity index (χ2n) is 5.70. The van der Waals surface area contributed by atoms with Crippen LogP contribution in [0.5, 0.6) is 0 Å². The number of hydrogen-bond donors (Lipinski definition) is 1. The molecule has 0 aliphatic heterocycles. The predicted molar refractivity (Wildman–Crippen MR) is 87.9 cm³/mol. The summed E-state index contributed by atoms with van der Waals surface area (Å²) in [6.45, 7) is 4.38. The first-order chi connectivity index (χ1) is 9.65. The van der Waals surface area contributed by atoms with E-state index in [1.807, 2.05) is 0 Å². The summed E-state index contributed by atoms with van der Waals surface area (Å²) in [5, 5.41) is 3.78. The van der Waals surface area contributed by atoms with Gasteiger partial charge in [-0.25, -0.2) is 0 Å². The molecule has 0 bridgehead atoms. The molecule has 0 fully saturated rings. The van der Waals surface area contributed by atoms with E-state index < -0.39 is 0 Å². The van der Waals surface area contributed by atoms with Crippen LogP contribution in [0.15, 0.2) is 46.9 Å². The summed E-state index contributed by atoms with van der Waals surface area (Å²) in [5.74, 6) is 0. The molecule has 0 spiro atoms. The highest BCUT2D eigenvalue weighted by Gasteiger charge is 2.25. The van der Waals surface area contributed by atoms with Crippen LogP contribution in [-0.2, 0) is 6.42 Å². The summed E-state index contributed by atoms with van der Waals surface area (Å²) in [6, 6.07) is 16.2. The van der Waals surface area contributed by atoms with Gasteiger partial charge in [0, 0.05) is 16.6 Å². The molecule has 104 valence electrons. The molecule has 1 nitrogen and oxygen atoms in total. The number of halogens is 1. The van der Waals surface area contributed by atoms with Crippen molar-refractivity contribution in [2.45, 2.75) is 38.8 Å². The fraction of sp³-hybridized carbons (Fsp3) is 0.333. The summed E-state index contributed by atoms with van der Waals surface area (Å²) in [5.41, 5.74) is 5.61. The van der Waals surface area contributed by atoms with Crippen molar-refractivity contribution in [2.24, 2.45) is 0 Å². The van der Waals surface area contributed by atoms with Crippen LogP contribution in [0.2, 0.25) is 0 Å². The van der Waals surface area contributed by atoms with E-state index in [-0.39, 0.29) is 0 Å². The van der Waals surface area contributed by atoms with Gasteiger partial charge >= 0.3 is 0 Å². The quantitative estimate of drug-likeness (QED) is 0.826. The van der Waals surface area contributed by atoms with Crippen LogP contribution in [0.1, 0.15) is 47.7 Å². The highest BCUT2D eigenvalue weighted by molar-refractivity contribution is 9.10. The van der Waals surface area contributed by atoms with Gasteiger partial charge in [0.15, 0.2) is 0 Å². The fourth-order valence-electron chi connectivity index (χ4n) is 3.04. The molecule has 20 heavy (non-hydrogen) atoms. The lowest BCUT2D eigenvalue weighted by Crippen LogP contribution is -2.23. The molecule has 0 heterocycles. The number of rotatable bonds is 3. The molecule has 2 unspecified atom stereocenters. The molecule has 0 amide bonds. The van der Waals surface area contributed by atoms with Crippen molar-refractivity contribution in [1.29, 1.82) is 0 Å². The molecule has 2 aromatic carbocycles. The lowest BCUT2D eigenvalue weighted by molar-refractivity contribution is 0.465. The van der Waals surface area contributed by atoms with Gasteiger partial charge in [-0.3, -0.25) is 0 Å². The van der Waals surface area contributed by atoms with E-state index in [1.54, 1.807) is 0 Å². The molecular formula is C18H20BrN. The molecular weight excluding hydrogens is 310 g/mol. The van der Waals surface area contributed by atoms with Crippen LogP contribution in [0, 0.1) is 6.92 Å². The van der Waals surface area contributed by atoms with Crippen molar-refractivity contribution in [3.05, 3.63) is 69.2 Å². The molecule has 1 N–H and O–H groups in total. The molecule has 1 aliphatic rings. The first-order valence-electron chi connectivity index (χ1n) is 7.25. The van der Waals surface area contributed by atoms with Gasteiger partial charge in [-0.05, 0) is 49.4 Å². The van der Waals surface area contributed by atoms with E-state index in [2.05, 4.69) is 77.6 Å². The highest BCUT2D eigenvalue weighted by atomic mass is 79.9. The average Bonchev–Trinajstić information content (AvgIpc) is 2.84. The first-order valence-corrected chi connectivity index (χ1v) is 8.04. The molecule has 2 atom stereocenters. The zero-order valence-electron chi connectivity index (χ0n) is 12.0. The minimum Gasteiger partial charge on any atom is -0.303 e. The maximum Gasteiger partial charge on any atom is 0.0331 e. The van der Waals surface area contributed by atoms with E-state index >= 15 is 0 Å². The Labute approximate surface area is 129 Å². The Morgan fingerprint density at radius 1 is 1.15 bits per heavy atom.